The second-order valence-electron chi connectivity index (χ2n) is 5.92. The first kappa shape index (κ1) is 12.8. The van der Waals surface area contributed by atoms with Crippen molar-refractivity contribution in [3.8, 4) is 22.6 Å². The van der Waals surface area contributed by atoms with Crippen LogP contribution in [0.1, 0.15) is 12.8 Å². The number of halogens is 1. The molecule has 1 aromatic carbocycles. The second-order valence-corrected chi connectivity index (χ2v) is 6.33. The van der Waals surface area contributed by atoms with Crippen LogP contribution < -0.4 is 15.2 Å². The van der Waals surface area contributed by atoms with Gasteiger partial charge in [-0.3, -0.25) is 4.68 Å². The van der Waals surface area contributed by atoms with Gasteiger partial charge in [-0.1, -0.05) is 11.6 Å². The average molecular weight is 306 g/mol. The maximum atomic E-state index is 6.39. The summed E-state index contributed by atoms with van der Waals surface area (Å²) in [5.74, 6) is 2.00. The van der Waals surface area contributed by atoms with Crippen molar-refractivity contribution in [3.05, 3.63) is 23.4 Å². The Kier molecular flexibility index (Phi) is 2.63. The molecule has 2 aliphatic rings. The summed E-state index contributed by atoms with van der Waals surface area (Å²) in [6.45, 7) is 1.40. The van der Waals surface area contributed by atoms with Crippen LogP contribution in [0, 0.1) is 5.41 Å². The fourth-order valence-corrected chi connectivity index (χ4v) is 2.85. The van der Waals surface area contributed by atoms with Gasteiger partial charge in [-0.25, -0.2) is 0 Å². The molecule has 0 amide bonds. The van der Waals surface area contributed by atoms with Crippen molar-refractivity contribution in [1.82, 2.24) is 9.78 Å². The minimum atomic E-state index is 0.207. The molecule has 1 aliphatic carbocycles. The molecule has 1 spiro atoms. The zero-order chi connectivity index (χ0) is 14.6. The van der Waals surface area contributed by atoms with Gasteiger partial charge >= 0.3 is 0 Å². The van der Waals surface area contributed by atoms with Gasteiger partial charge in [-0.05, 0) is 18.9 Å². The number of fused-ring (bicyclic) bond motifs is 1. The van der Waals surface area contributed by atoms with E-state index in [1.165, 1.54) is 0 Å². The van der Waals surface area contributed by atoms with Crippen molar-refractivity contribution in [2.24, 2.45) is 12.5 Å². The Morgan fingerprint density at radius 3 is 2.43 bits per heavy atom. The normalized spacial score (nSPS) is 18.6. The predicted molar refractivity (Wildman–Crippen MR) is 80.7 cm³/mol. The molecule has 5 nitrogen and oxygen atoms in total. The quantitative estimate of drug-likeness (QED) is 0.880. The van der Waals surface area contributed by atoms with Crippen molar-refractivity contribution >= 4 is 17.4 Å². The first-order valence-electron chi connectivity index (χ1n) is 6.95. The van der Waals surface area contributed by atoms with E-state index in [1.54, 1.807) is 24.0 Å². The number of aryl methyl sites for hydroxylation is 1. The summed E-state index contributed by atoms with van der Waals surface area (Å²) in [5, 5.41) is 4.75. The van der Waals surface area contributed by atoms with E-state index in [0.717, 1.165) is 29.7 Å². The molecule has 2 N–H and O–H groups in total. The lowest BCUT2D eigenvalue weighted by molar-refractivity contribution is 0.197. The van der Waals surface area contributed by atoms with E-state index in [9.17, 15) is 0 Å². The van der Waals surface area contributed by atoms with E-state index < -0.39 is 0 Å². The third kappa shape index (κ3) is 2.03. The van der Waals surface area contributed by atoms with Gasteiger partial charge in [0.25, 0.3) is 0 Å². The maximum Gasteiger partial charge on any atom is 0.162 e. The number of hydrogen-bond acceptors (Lipinski definition) is 4. The lowest BCUT2D eigenvalue weighted by Crippen LogP contribution is -2.17. The van der Waals surface area contributed by atoms with Crippen molar-refractivity contribution in [2.75, 3.05) is 18.9 Å². The Morgan fingerprint density at radius 2 is 1.86 bits per heavy atom. The monoisotopic (exact) mass is 305 g/mol. The maximum absolute atomic E-state index is 6.39. The average Bonchev–Trinajstić information content (AvgIpc) is 3.21. The topological polar surface area (TPSA) is 62.3 Å². The molecule has 0 radical (unpaired) electrons. The molecule has 0 saturated heterocycles. The summed E-state index contributed by atoms with van der Waals surface area (Å²) in [4.78, 5) is 0. The summed E-state index contributed by atoms with van der Waals surface area (Å²) in [7, 11) is 1.80. The zero-order valence-electron chi connectivity index (χ0n) is 11.7. The number of rotatable bonds is 1. The number of nitrogen functional groups attached to an aromatic ring is 1. The Labute approximate surface area is 127 Å². The van der Waals surface area contributed by atoms with Crippen LogP contribution in [0.25, 0.3) is 11.1 Å². The highest BCUT2D eigenvalue weighted by atomic mass is 35.5. The molecule has 0 bridgehead atoms. The van der Waals surface area contributed by atoms with Gasteiger partial charge in [0.2, 0.25) is 0 Å². The number of aromatic nitrogens is 2. The largest absolute Gasteiger partial charge is 0.489 e. The van der Waals surface area contributed by atoms with Gasteiger partial charge in [-0.2, -0.15) is 5.10 Å². The molecule has 1 aromatic heterocycles. The van der Waals surface area contributed by atoms with Gasteiger partial charge in [0, 0.05) is 29.7 Å². The van der Waals surface area contributed by atoms with Crippen LogP contribution >= 0.6 is 11.6 Å². The van der Waals surface area contributed by atoms with Crippen LogP contribution in [-0.2, 0) is 7.05 Å². The molecule has 110 valence electrons. The Bertz CT molecular complexity index is 722. The van der Waals surface area contributed by atoms with Crippen LogP contribution in [0.4, 0.5) is 5.82 Å². The summed E-state index contributed by atoms with van der Waals surface area (Å²) in [6.07, 6.45) is 4.04. The molecule has 2 heterocycles. The van der Waals surface area contributed by atoms with E-state index >= 15 is 0 Å². The highest BCUT2D eigenvalue weighted by molar-refractivity contribution is 6.33. The van der Waals surface area contributed by atoms with Gasteiger partial charge < -0.3 is 15.2 Å². The van der Waals surface area contributed by atoms with Gasteiger partial charge in [0.05, 0.1) is 24.4 Å². The molecule has 0 atom stereocenters. The predicted octanol–water partition coefficient (Wildman–Crippen LogP) is 2.87. The lowest BCUT2D eigenvalue weighted by Gasteiger charge is -2.11. The Balaban J connectivity index is 1.77. The first-order valence-corrected chi connectivity index (χ1v) is 7.33. The lowest BCUT2D eigenvalue weighted by atomic mass is 10.1. The van der Waals surface area contributed by atoms with Gasteiger partial charge in [0.1, 0.15) is 5.82 Å². The van der Waals surface area contributed by atoms with Crippen LogP contribution in [0.3, 0.4) is 0 Å². The van der Waals surface area contributed by atoms with Crippen molar-refractivity contribution in [1.29, 1.82) is 0 Å². The standard InChI is InChI=1S/C15H16ClN3O2/c1-19-14(17)10(6-18-19)9-4-12-13(5-11(9)16)21-8-15(2-3-15)7-20-12/h4-6H,2-3,7-8,17H2,1H3. The molecule has 1 fully saturated rings. The van der Waals surface area contributed by atoms with Crippen molar-refractivity contribution in [2.45, 2.75) is 12.8 Å². The molecule has 21 heavy (non-hydrogen) atoms. The van der Waals surface area contributed by atoms with Crippen LogP contribution in [0.5, 0.6) is 11.5 Å². The summed E-state index contributed by atoms with van der Waals surface area (Å²) >= 11 is 6.39. The third-order valence-corrected chi connectivity index (χ3v) is 4.65. The highest BCUT2D eigenvalue weighted by Crippen LogP contribution is 2.50. The molecule has 1 aliphatic heterocycles. The van der Waals surface area contributed by atoms with E-state index in [0.29, 0.717) is 29.8 Å². The fourth-order valence-electron chi connectivity index (χ4n) is 2.59. The van der Waals surface area contributed by atoms with E-state index in [1.807, 2.05) is 6.07 Å². The summed E-state index contributed by atoms with van der Waals surface area (Å²) in [6, 6.07) is 3.70. The number of nitrogens with two attached hydrogens (primary N) is 1. The molecule has 1 saturated carbocycles. The Morgan fingerprint density at radius 1 is 1.19 bits per heavy atom. The molecule has 2 aromatic rings. The smallest absolute Gasteiger partial charge is 0.162 e. The molecular weight excluding hydrogens is 290 g/mol. The van der Waals surface area contributed by atoms with E-state index in [2.05, 4.69) is 5.10 Å². The highest BCUT2D eigenvalue weighted by Gasteiger charge is 2.46. The Hall–Kier alpha value is -1.88. The first-order chi connectivity index (χ1) is 10.1. The third-order valence-electron chi connectivity index (χ3n) is 4.33. The van der Waals surface area contributed by atoms with Gasteiger partial charge in [0.15, 0.2) is 11.5 Å². The number of ether oxygens (including phenoxy) is 2. The molecule has 6 heteroatoms. The summed E-state index contributed by atoms with van der Waals surface area (Å²) < 4.78 is 13.4. The number of anilines is 1. The number of hydrogen-bond donors (Lipinski definition) is 1. The van der Waals surface area contributed by atoms with Gasteiger partial charge in [-0.15, -0.1) is 0 Å². The van der Waals surface area contributed by atoms with Crippen LogP contribution in [0.2, 0.25) is 5.02 Å². The van der Waals surface area contributed by atoms with E-state index in [-0.39, 0.29) is 5.41 Å². The van der Waals surface area contributed by atoms with Crippen molar-refractivity contribution < 1.29 is 9.47 Å². The van der Waals surface area contributed by atoms with Crippen molar-refractivity contribution in [3.63, 3.8) is 0 Å². The SMILES string of the molecule is Cn1ncc(-c2cc3c(cc2Cl)OCC2(CC2)CO3)c1N. The van der Waals surface area contributed by atoms with E-state index in [4.69, 9.17) is 26.8 Å². The summed E-state index contributed by atoms with van der Waals surface area (Å²) in [5.41, 5.74) is 7.86. The minimum Gasteiger partial charge on any atom is -0.489 e. The molecule has 0 unspecified atom stereocenters. The van der Waals surface area contributed by atoms with Crippen LogP contribution in [0.15, 0.2) is 18.3 Å². The molecule has 4 rings (SSSR count). The zero-order valence-corrected chi connectivity index (χ0v) is 12.5. The van der Waals surface area contributed by atoms with Crippen LogP contribution in [-0.4, -0.2) is 23.0 Å². The minimum absolute atomic E-state index is 0.207. The number of nitrogens with zero attached hydrogens (tertiary/aromatic N) is 2. The molecular formula is C15H16ClN3O2. The second kappa shape index (κ2) is 4.31. The number of benzene rings is 1. The fraction of sp³-hybridized carbons (Fsp3) is 0.400.